The summed E-state index contributed by atoms with van der Waals surface area (Å²) in [5.41, 5.74) is -1.15. The first kappa shape index (κ1) is 38.7. The second kappa shape index (κ2) is 26.1. The van der Waals surface area contributed by atoms with E-state index in [1.165, 1.54) is 153 Å². The van der Waals surface area contributed by atoms with Gasteiger partial charge in [0, 0.05) is 0 Å². The lowest BCUT2D eigenvalue weighted by atomic mass is 9.89. The van der Waals surface area contributed by atoms with Gasteiger partial charge in [-0.1, -0.05) is 168 Å². The average molecular weight is 603 g/mol. The molecular formula is C37H62O6. The standard InChI is InChI=1S/C37H62O6/c1-3-5-7-9-11-13-16-20-25-31(26-21-17-14-12-10-8-6-4-2)27-22-18-15-19-23-30-43-37(42)33-29-24-28-32(35(38)39)34(33)36(40)41/h24,28-29,31H,3-23,25-27,30H2,1-2H3,(H,38,39)(H,40,41). The van der Waals surface area contributed by atoms with Gasteiger partial charge in [-0.05, 0) is 24.5 Å². The molecule has 1 aromatic rings. The Labute approximate surface area is 262 Å². The van der Waals surface area contributed by atoms with Crippen molar-refractivity contribution in [3.8, 4) is 0 Å². The molecule has 0 unspecified atom stereocenters. The minimum atomic E-state index is -1.45. The number of carboxylic acid groups (broad SMARTS) is 2. The van der Waals surface area contributed by atoms with Crippen molar-refractivity contribution in [3.05, 3.63) is 34.9 Å². The Balaban J connectivity index is 2.31. The second-order valence-corrected chi connectivity index (χ2v) is 12.4. The second-order valence-electron chi connectivity index (χ2n) is 12.4. The van der Waals surface area contributed by atoms with Crippen molar-refractivity contribution in [2.24, 2.45) is 5.92 Å². The van der Waals surface area contributed by atoms with Crippen LogP contribution in [0.25, 0.3) is 0 Å². The first-order chi connectivity index (χ1) is 20.9. The molecule has 1 aromatic carbocycles. The number of ether oxygens (including phenoxy) is 1. The van der Waals surface area contributed by atoms with Gasteiger partial charge in [-0.3, -0.25) is 0 Å². The molecule has 0 aliphatic rings. The fraction of sp³-hybridized carbons (Fsp3) is 0.757. The van der Waals surface area contributed by atoms with E-state index in [4.69, 9.17) is 4.74 Å². The van der Waals surface area contributed by atoms with Crippen molar-refractivity contribution in [3.63, 3.8) is 0 Å². The molecule has 0 aliphatic carbocycles. The normalized spacial score (nSPS) is 11.2. The highest BCUT2D eigenvalue weighted by Gasteiger charge is 2.24. The summed E-state index contributed by atoms with van der Waals surface area (Å²) in [6.45, 7) is 4.75. The van der Waals surface area contributed by atoms with Crippen molar-refractivity contribution in [1.82, 2.24) is 0 Å². The monoisotopic (exact) mass is 602 g/mol. The molecule has 0 amide bonds. The zero-order chi connectivity index (χ0) is 31.5. The first-order valence-electron chi connectivity index (χ1n) is 17.7. The fourth-order valence-corrected chi connectivity index (χ4v) is 6.01. The summed E-state index contributed by atoms with van der Waals surface area (Å²) in [7, 11) is 0. The van der Waals surface area contributed by atoms with Crippen molar-refractivity contribution in [1.29, 1.82) is 0 Å². The van der Waals surface area contributed by atoms with Crippen molar-refractivity contribution >= 4 is 17.9 Å². The van der Waals surface area contributed by atoms with Gasteiger partial charge in [0.2, 0.25) is 0 Å². The molecule has 2 N–H and O–H groups in total. The van der Waals surface area contributed by atoms with Gasteiger partial charge in [-0.25, -0.2) is 14.4 Å². The summed E-state index contributed by atoms with van der Waals surface area (Å²) < 4.78 is 5.29. The van der Waals surface area contributed by atoms with E-state index < -0.39 is 29.0 Å². The van der Waals surface area contributed by atoms with E-state index in [0.29, 0.717) is 6.42 Å². The number of hydrogen-bond donors (Lipinski definition) is 2. The van der Waals surface area contributed by atoms with Crippen LogP contribution in [0.15, 0.2) is 18.2 Å². The van der Waals surface area contributed by atoms with Crippen molar-refractivity contribution in [2.45, 2.75) is 168 Å². The molecule has 0 bridgehead atoms. The summed E-state index contributed by atoms with van der Waals surface area (Å²) >= 11 is 0. The zero-order valence-corrected chi connectivity index (χ0v) is 27.5. The molecule has 0 saturated heterocycles. The van der Waals surface area contributed by atoms with E-state index in [-0.39, 0.29) is 12.2 Å². The van der Waals surface area contributed by atoms with Gasteiger partial charge in [-0.2, -0.15) is 0 Å². The minimum absolute atomic E-state index is 0.203. The Kier molecular flexibility index (Phi) is 23.4. The summed E-state index contributed by atoms with van der Waals surface area (Å²) in [5, 5.41) is 18.7. The number of aromatic carboxylic acids is 2. The summed E-state index contributed by atoms with van der Waals surface area (Å²) in [5.74, 6) is -2.77. The predicted molar refractivity (Wildman–Crippen MR) is 176 cm³/mol. The van der Waals surface area contributed by atoms with Crippen LogP contribution in [0.1, 0.15) is 199 Å². The Hall–Kier alpha value is -2.37. The molecule has 0 atom stereocenters. The topological polar surface area (TPSA) is 101 Å². The number of esters is 1. The number of hydrogen-bond acceptors (Lipinski definition) is 4. The first-order valence-corrected chi connectivity index (χ1v) is 17.7. The molecule has 43 heavy (non-hydrogen) atoms. The third-order valence-corrected chi connectivity index (χ3v) is 8.65. The summed E-state index contributed by atoms with van der Waals surface area (Å²) in [4.78, 5) is 35.4. The number of carboxylic acids is 2. The van der Waals surface area contributed by atoms with E-state index in [1.54, 1.807) is 0 Å². The maximum Gasteiger partial charge on any atom is 0.339 e. The Bertz CT molecular complexity index is 860. The Morgan fingerprint density at radius 3 is 1.37 bits per heavy atom. The smallest absolute Gasteiger partial charge is 0.339 e. The summed E-state index contributed by atoms with van der Waals surface area (Å²) in [6, 6.07) is 3.84. The van der Waals surface area contributed by atoms with Crippen LogP contribution in [0.5, 0.6) is 0 Å². The molecule has 0 heterocycles. The molecule has 1 rings (SSSR count). The van der Waals surface area contributed by atoms with Crippen LogP contribution in [0, 0.1) is 5.92 Å². The van der Waals surface area contributed by atoms with Crippen LogP contribution < -0.4 is 0 Å². The molecule has 0 saturated carbocycles. The Morgan fingerprint density at radius 2 is 0.953 bits per heavy atom. The highest BCUT2D eigenvalue weighted by Crippen LogP contribution is 2.25. The third kappa shape index (κ3) is 18.8. The predicted octanol–water partition coefficient (Wildman–Crippen LogP) is 11.3. The molecule has 6 heteroatoms. The van der Waals surface area contributed by atoms with Crippen molar-refractivity contribution < 1.29 is 29.3 Å². The third-order valence-electron chi connectivity index (χ3n) is 8.65. The molecule has 246 valence electrons. The quantitative estimate of drug-likeness (QED) is 0.0698. The van der Waals surface area contributed by atoms with Crippen LogP contribution in [-0.4, -0.2) is 34.7 Å². The number of benzene rings is 1. The SMILES string of the molecule is CCCCCCCCCCC(CCCCCCCCCC)CCCCCCCOC(=O)c1cccc(C(=O)O)c1C(=O)O. The molecule has 0 fully saturated rings. The lowest BCUT2D eigenvalue weighted by Crippen LogP contribution is -2.16. The van der Waals surface area contributed by atoms with Gasteiger partial charge in [0.05, 0.1) is 23.3 Å². The molecule has 0 spiro atoms. The van der Waals surface area contributed by atoms with Crippen LogP contribution >= 0.6 is 0 Å². The van der Waals surface area contributed by atoms with Gasteiger partial charge in [-0.15, -0.1) is 0 Å². The highest BCUT2D eigenvalue weighted by molar-refractivity contribution is 6.09. The maximum absolute atomic E-state index is 12.4. The van der Waals surface area contributed by atoms with E-state index in [2.05, 4.69) is 13.8 Å². The van der Waals surface area contributed by atoms with Gasteiger partial charge >= 0.3 is 17.9 Å². The minimum Gasteiger partial charge on any atom is -0.478 e. The van der Waals surface area contributed by atoms with Crippen molar-refractivity contribution in [2.75, 3.05) is 6.61 Å². The lowest BCUT2D eigenvalue weighted by molar-refractivity contribution is 0.0487. The Morgan fingerprint density at radius 1 is 0.558 bits per heavy atom. The molecule has 0 aliphatic heterocycles. The molecule has 0 aromatic heterocycles. The fourth-order valence-electron chi connectivity index (χ4n) is 6.01. The number of unbranched alkanes of at least 4 members (excludes halogenated alkanes) is 18. The summed E-state index contributed by atoms with van der Waals surface area (Å²) in [6.07, 6.45) is 31.3. The number of rotatable bonds is 29. The van der Waals surface area contributed by atoms with Crippen LogP contribution in [0.2, 0.25) is 0 Å². The largest absolute Gasteiger partial charge is 0.478 e. The van der Waals surface area contributed by atoms with Gasteiger partial charge in [0.1, 0.15) is 0 Å². The van der Waals surface area contributed by atoms with Gasteiger partial charge < -0.3 is 14.9 Å². The van der Waals surface area contributed by atoms with E-state index in [9.17, 15) is 24.6 Å². The maximum atomic E-state index is 12.4. The van der Waals surface area contributed by atoms with Crippen LogP contribution in [0.3, 0.4) is 0 Å². The van der Waals surface area contributed by atoms with E-state index >= 15 is 0 Å². The van der Waals surface area contributed by atoms with Gasteiger partial charge in [0.25, 0.3) is 0 Å². The van der Waals surface area contributed by atoms with Crippen LogP contribution in [-0.2, 0) is 4.74 Å². The number of carbonyl (C=O) groups is 3. The van der Waals surface area contributed by atoms with Gasteiger partial charge in [0.15, 0.2) is 0 Å². The van der Waals surface area contributed by atoms with E-state index in [0.717, 1.165) is 18.8 Å². The zero-order valence-electron chi connectivity index (χ0n) is 27.5. The number of carbonyl (C=O) groups excluding carboxylic acids is 1. The van der Waals surface area contributed by atoms with Crippen LogP contribution in [0.4, 0.5) is 0 Å². The average Bonchev–Trinajstić information content (AvgIpc) is 2.99. The molecular weight excluding hydrogens is 540 g/mol. The molecule has 6 nitrogen and oxygen atoms in total. The lowest BCUT2D eigenvalue weighted by Gasteiger charge is -2.17. The molecule has 0 radical (unpaired) electrons. The highest BCUT2D eigenvalue weighted by atomic mass is 16.5. The van der Waals surface area contributed by atoms with E-state index in [1.807, 2.05) is 0 Å².